The maximum atomic E-state index is 12.0. The topological polar surface area (TPSA) is 69.6 Å². The van der Waals surface area contributed by atoms with Crippen molar-refractivity contribution in [2.24, 2.45) is 7.05 Å². The average molecular weight is 342 g/mol. The first-order valence-electron chi connectivity index (χ1n) is 7.89. The highest BCUT2D eigenvalue weighted by Crippen LogP contribution is 2.29. The summed E-state index contributed by atoms with van der Waals surface area (Å²) in [5, 5.41) is 2.65. The number of amides is 1. The number of nitrogens with zero attached hydrogens (tertiary/aromatic N) is 1. The molecule has 1 aromatic carbocycles. The highest BCUT2D eigenvalue weighted by atomic mass is 16.5. The Balaban J connectivity index is 2.08. The minimum atomic E-state index is -0.324. The van der Waals surface area contributed by atoms with Gasteiger partial charge in [-0.05, 0) is 43.7 Å². The number of benzene rings is 1. The highest BCUT2D eigenvalue weighted by Gasteiger charge is 2.07. The Labute approximate surface area is 146 Å². The standard InChI is InChI=1S/C19H22N2O4/c1-13(2)25-16-7-5-14(11-17(16)24-4)6-8-18(22)20-15-9-10-21(3)19(23)12-15/h5-13H,1-4H3,(H,20,22). The van der Waals surface area contributed by atoms with Gasteiger partial charge < -0.3 is 19.4 Å². The van der Waals surface area contributed by atoms with E-state index in [1.54, 1.807) is 44.6 Å². The van der Waals surface area contributed by atoms with Crippen molar-refractivity contribution in [3.8, 4) is 11.5 Å². The number of rotatable bonds is 6. The molecule has 0 saturated heterocycles. The van der Waals surface area contributed by atoms with Crippen LogP contribution in [-0.4, -0.2) is 23.7 Å². The molecule has 0 saturated carbocycles. The van der Waals surface area contributed by atoms with Gasteiger partial charge in [0.25, 0.3) is 5.56 Å². The van der Waals surface area contributed by atoms with Gasteiger partial charge in [0.1, 0.15) is 0 Å². The maximum Gasteiger partial charge on any atom is 0.252 e. The first-order chi connectivity index (χ1) is 11.9. The number of carbonyl (C=O) groups is 1. The maximum absolute atomic E-state index is 12.0. The molecule has 0 aliphatic heterocycles. The van der Waals surface area contributed by atoms with Gasteiger partial charge in [0.2, 0.25) is 5.91 Å². The number of hydrogen-bond acceptors (Lipinski definition) is 4. The SMILES string of the molecule is COc1cc(C=CC(=O)Nc2ccn(C)c(=O)c2)ccc1OC(C)C. The third-order valence-corrected chi connectivity index (χ3v) is 3.35. The van der Waals surface area contributed by atoms with Crippen LogP contribution in [0.3, 0.4) is 0 Å². The molecule has 0 fully saturated rings. The Morgan fingerprint density at radius 3 is 2.60 bits per heavy atom. The summed E-state index contributed by atoms with van der Waals surface area (Å²) in [4.78, 5) is 23.5. The van der Waals surface area contributed by atoms with Crippen LogP contribution in [0.1, 0.15) is 19.4 Å². The summed E-state index contributed by atoms with van der Waals surface area (Å²) >= 11 is 0. The van der Waals surface area contributed by atoms with Gasteiger partial charge in [-0.1, -0.05) is 6.07 Å². The summed E-state index contributed by atoms with van der Waals surface area (Å²) < 4.78 is 12.4. The summed E-state index contributed by atoms with van der Waals surface area (Å²) in [7, 11) is 3.21. The van der Waals surface area contributed by atoms with E-state index in [9.17, 15) is 9.59 Å². The van der Waals surface area contributed by atoms with E-state index >= 15 is 0 Å². The van der Waals surface area contributed by atoms with Crippen molar-refractivity contribution in [1.82, 2.24) is 4.57 Å². The van der Waals surface area contributed by atoms with Gasteiger partial charge >= 0.3 is 0 Å². The number of carbonyl (C=O) groups excluding carboxylic acids is 1. The van der Waals surface area contributed by atoms with Crippen molar-refractivity contribution in [3.63, 3.8) is 0 Å². The lowest BCUT2D eigenvalue weighted by atomic mass is 10.2. The summed E-state index contributed by atoms with van der Waals surface area (Å²) in [5.74, 6) is 0.928. The molecule has 0 bridgehead atoms. The van der Waals surface area contributed by atoms with Crippen molar-refractivity contribution >= 4 is 17.7 Å². The summed E-state index contributed by atoms with van der Waals surface area (Å²) in [6, 6.07) is 8.46. The molecule has 0 aliphatic rings. The molecule has 0 aliphatic carbocycles. The number of anilines is 1. The second-order valence-electron chi connectivity index (χ2n) is 5.76. The zero-order valence-electron chi connectivity index (χ0n) is 14.8. The number of pyridine rings is 1. The monoisotopic (exact) mass is 342 g/mol. The van der Waals surface area contributed by atoms with E-state index in [1.807, 2.05) is 19.9 Å². The fourth-order valence-corrected chi connectivity index (χ4v) is 2.12. The molecule has 0 atom stereocenters. The number of hydrogen-bond donors (Lipinski definition) is 1. The van der Waals surface area contributed by atoms with Crippen LogP contribution in [-0.2, 0) is 11.8 Å². The van der Waals surface area contributed by atoms with Crippen molar-refractivity contribution in [2.45, 2.75) is 20.0 Å². The van der Waals surface area contributed by atoms with Crippen molar-refractivity contribution < 1.29 is 14.3 Å². The zero-order chi connectivity index (χ0) is 18.4. The van der Waals surface area contributed by atoms with E-state index in [1.165, 1.54) is 16.7 Å². The predicted molar refractivity (Wildman–Crippen MR) is 98.1 cm³/mol. The number of nitrogens with one attached hydrogen (secondary N) is 1. The fourth-order valence-electron chi connectivity index (χ4n) is 2.12. The molecule has 2 rings (SSSR count). The quantitative estimate of drug-likeness (QED) is 0.820. The Bertz CT molecular complexity index is 838. The molecule has 6 heteroatoms. The summed E-state index contributed by atoms with van der Waals surface area (Å²) in [5.41, 5.74) is 1.07. The second-order valence-corrected chi connectivity index (χ2v) is 5.76. The van der Waals surface area contributed by atoms with Crippen LogP contribution in [0.25, 0.3) is 6.08 Å². The first-order valence-corrected chi connectivity index (χ1v) is 7.89. The van der Waals surface area contributed by atoms with Crippen molar-refractivity contribution in [2.75, 3.05) is 12.4 Å². The molecule has 1 amide bonds. The number of aryl methyl sites for hydroxylation is 1. The largest absolute Gasteiger partial charge is 0.493 e. The summed E-state index contributed by atoms with van der Waals surface area (Å²) in [6.45, 7) is 3.88. The van der Waals surface area contributed by atoms with Gasteiger partial charge in [0.05, 0.1) is 13.2 Å². The van der Waals surface area contributed by atoms with E-state index in [0.717, 1.165) is 5.56 Å². The molecule has 0 spiro atoms. The Hall–Kier alpha value is -3.02. The molecule has 2 aromatic rings. The van der Waals surface area contributed by atoms with Crippen LogP contribution in [0.4, 0.5) is 5.69 Å². The Kier molecular flexibility index (Phi) is 6.00. The lowest BCUT2D eigenvalue weighted by Crippen LogP contribution is -2.17. The molecule has 1 N–H and O–H groups in total. The van der Waals surface area contributed by atoms with Crippen LogP contribution in [0.2, 0.25) is 0 Å². The first kappa shape index (κ1) is 18.3. The van der Waals surface area contributed by atoms with Crippen LogP contribution >= 0.6 is 0 Å². The third-order valence-electron chi connectivity index (χ3n) is 3.35. The Morgan fingerprint density at radius 1 is 1.20 bits per heavy atom. The second kappa shape index (κ2) is 8.19. The third kappa shape index (κ3) is 5.24. The molecule has 132 valence electrons. The molecule has 25 heavy (non-hydrogen) atoms. The van der Waals surface area contributed by atoms with Crippen molar-refractivity contribution in [3.05, 3.63) is 58.5 Å². The zero-order valence-corrected chi connectivity index (χ0v) is 14.8. The smallest absolute Gasteiger partial charge is 0.252 e. The molecule has 1 heterocycles. The molecule has 1 aromatic heterocycles. The van der Waals surface area contributed by atoms with E-state index in [4.69, 9.17) is 9.47 Å². The fraction of sp³-hybridized carbons (Fsp3) is 0.263. The lowest BCUT2D eigenvalue weighted by Gasteiger charge is -2.13. The van der Waals surface area contributed by atoms with Gasteiger partial charge in [-0.15, -0.1) is 0 Å². The van der Waals surface area contributed by atoms with Crippen LogP contribution in [0.15, 0.2) is 47.4 Å². The van der Waals surface area contributed by atoms with E-state index in [0.29, 0.717) is 17.2 Å². The van der Waals surface area contributed by atoms with Crippen LogP contribution in [0, 0.1) is 0 Å². The lowest BCUT2D eigenvalue weighted by molar-refractivity contribution is -0.111. The van der Waals surface area contributed by atoms with E-state index in [-0.39, 0.29) is 17.6 Å². The van der Waals surface area contributed by atoms with Gasteiger partial charge in [-0.3, -0.25) is 9.59 Å². The average Bonchev–Trinajstić information content (AvgIpc) is 2.57. The predicted octanol–water partition coefficient (Wildman–Crippen LogP) is 2.83. The van der Waals surface area contributed by atoms with Crippen LogP contribution in [0.5, 0.6) is 11.5 Å². The number of methoxy groups -OCH3 is 1. The van der Waals surface area contributed by atoms with Gasteiger partial charge in [-0.25, -0.2) is 0 Å². The van der Waals surface area contributed by atoms with Gasteiger partial charge in [0, 0.05) is 31.1 Å². The normalized spacial score (nSPS) is 10.9. The van der Waals surface area contributed by atoms with Crippen LogP contribution < -0.4 is 20.3 Å². The Morgan fingerprint density at radius 2 is 1.96 bits per heavy atom. The highest BCUT2D eigenvalue weighted by molar-refractivity contribution is 6.01. The number of ether oxygens (including phenoxy) is 2. The van der Waals surface area contributed by atoms with Crippen molar-refractivity contribution in [1.29, 1.82) is 0 Å². The number of aromatic nitrogens is 1. The van der Waals surface area contributed by atoms with Gasteiger partial charge in [-0.2, -0.15) is 0 Å². The minimum absolute atomic E-state index is 0.0413. The molecule has 0 radical (unpaired) electrons. The minimum Gasteiger partial charge on any atom is -0.493 e. The molecule has 0 unspecified atom stereocenters. The molecule has 6 nitrogen and oxygen atoms in total. The van der Waals surface area contributed by atoms with E-state index < -0.39 is 0 Å². The summed E-state index contributed by atoms with van der Waals surface area (Å²) in [6.07, 6.45) is 4.70. The molecular weight excluding hydrogens is 320 g/mol. The van der Waals surface area contributed by atoms with E-state index in [2.05, 4.69) is 5.32 Å². The van der Waals surface area contributed by atoms with Gasteiger partial charge in [0.15, 0.2) is 11.5 Å². The molecular formula is C19H22N2O4.